The van der Waals surface area contributed by atoms with Gasteiger partial charge in [0.25, 0.3) is 0 Å². The van der Waals surface area contributed by atoms with Gasteiger partial charge in [0, 0.05) is 18.3 Å². The molecule has 4 heteroatoms. The van der Waals surface area contributed by atoms with Crippen LogP contribution in [0.2, 0.25) is 0 Å². The molecule has 0 amide bonds. The quantitative estimate of drug-likeness (QED) is 0.829. The molecule has 1 unspecified atom stereocenters. The summed E-state index contributed by atoms with van der Waals surface area (Å²) < 4.78 is 13.0. The second-order valence-corrected chi connectivity index (χ2v) is 5.04. The molecule has 21 heavy (non-hydrogen) atoms. The fraction of sp³-hybridized carbons (Fsp3) is 0.294. The molecule has 2 N–H and O–H groups in total. The lowest BCUT2D eigenvalue weighted by Crippen LogP contribution is -2.26. The van der Waals surface area contributed by atoms with E-state index in [9.17, 15) is 4.39 Å². The van der Waals surface area contributed by atoms with Gasteiger partial charge >= 0.3 is 0 Å². The Balaban J connectivity index is 0.00000220. The molecule has 0 radical (unpaired) electrons. The van der Waals surface area contributed by atoms with Crippen LogP contribution in [-0.4, -0.2) is 11.4 Å². The van der Waals surface area contributed by atoms with Crippen LogP contribution in [0.1, 0.15) is 31.0 Å². The van der Waals surface area contributed by atoms with E-state index in [1.807, 2.05) is 30.3 Å². The zero-order valence-corrected chi connectivity index (χ0v) is 13.2. The normalized spacial score (nSPS) is 12.0. The van der Waals surface area contributed by atoms with Crippen LogP contribution >= 0.6 is 12.4 Å². The summed E-state index contributed by atoms with van der Waals surface area (Å²) in [6.07, 6.45) is 0. The first kappa shape index (κ1) is 17.5. The van der Waals surface area contributed by atoms with Crippen LogP contribution in [0.25, 0.3) is 0 Å². The molecule has 2 aromatic rings. The Hall–Kier alpha value is -1.58. The van der Waals surface area contributed by atoms with Gasteiger partial charge in [0.2, 0.25) is 0 Å². The first-order valence-corrected chi connectivity index (χ1v) is 6.94. The molecule has 0 bridgehead atoms. The average Bonchev–Trinajstić information content (AvgIpc) is 2.45. The first-order valence-electron chi connectivity index (χ1n) is 6.94. The van der Waals surface area contributed by atoms with Gasteiger partial charge in [0.15, 0.2) is 0 Å². The summed E-state index contributed by atoms with van der Waals surface area (Å²) in [6.45, 7) is 6.03. The Morgan fingerprint density at radius 3 is 2.38 bits per heavy atom. The van der Waals surface area contributed by atoms with Crippen molar-refractivity contribution in [2.75, 3.05) is 12.3 Å². The van der Waals surface area contributed by atoms with E-state index < -0.39 is 0 Å². The maximum atomic E-state index is 13.0. The first-order chi connectivity index (χ1) is 9.60. The number of benzene rings is 2. The van der Waals surface area contributed by atoms with Crippen molar-refractivity contribution in [3.63, 3.8) is 0 Å². The summed E-state index contributed by atoms with van der Waals surface area (Å²) in [5.41, 5.74) is 8.92. The number of nitrogens with two attached hydrogens (primary N) is 1. The second kappa shape index (κ2) is 8.01. The van der Waals surface area contributed by atoms with Gasteiger partial charge in [-0.05, 0) is 48.9 Å². The Labute approximate surface area is 132 Å². The largest absolute Gasteiger partial charge is 0.399 e. The molecule has 0 saturated heterocycles. The topological polar surface area (TPSA) is 29.3 Å². The molecule has 0 saturated carbocycles. The maximum absolute atomic E-state index is 13.0. The van der Waals surface area contributed by atoms with Gasteiger partial charge in [0.05, 0.1) is 0 Å². The molecule has 2 nitrogen and oxygen atoms in total. The van der Waals surface area contributed by atoms with E-state index in [4.69, 9.17) is 5.73 Å². The van der Waals surface area contributed by atoms with Crippen LogP contribution < -0.4 is 5.73 Å². The van der Waals surface area contributed by atoms with E-state index in [-0.39, 0.29) is 24.3 Å². The molecule has 2 rings (SSSR count). The molecule has 0 aliphatic rings. The third-order valence-corrected chi connectivity index (χ3v) is 3.64. The van der Waals surface area contributed by atoms with Crippen LogP contribution in [0.15, 0.2) is 48.5 Å². The van der Waals surface area contributed by atoms with Crippen molar-refractivity contribution in [2.24, 2.45) is 0 Å². The molecule has 0 aromatic heterocycles. The fourth-order valence-corrected chi connectivity index (χ4v) is 2.40. The summed E-state index contributed by atoms with van der Waals surface area (Å²) in [5.74, 6) is -0.195. The Morgan fingerprint density at radius 1 is 1.14 bits per heavy atom. The number of nitrogens with zero attached hydrogens (tertiary/aromatic N) is 1. The summed E-state index contributed by atoms with van der Waals surface area (Å²) in [7, 11) is 0. The van der Waals surface area contributed by atoms with Gasteiger partial charge in [0.1, 0.15) is 5.82 Å². The van der Waals surface area contributed by atoms with E-state index in [0.29, 0.717) is 0 Å². The Bertz CT molecular complexity index is 557. The third kappa shape index (κ3) is 4.73. The number of halogens is 2. The summed E-state index contributed by atoms with van der Waals surface area (Å²) in [5, 5.41) is 0. The minimum Gasteiger partial charge on any atom is -0.399 e. The Kier molecular flexibility index (Phi) is 6.66. The zero-order chi connectivity index (χ0) is 14.5. The van der Waals surface area contributed by atoms with Crippen LogP contribution in [0.3, 0.4) is 0 Å². The van der Waals surface area contributed by atoms with Crippen molar-refractivity contribution < 1.29 is 4.39 Å². The number of hydrogen-bond acceptors (Lipinski definition) is 2. The maximum Gasteiger partial charge on any atom is 0.123 e. The number of rotatable bonds is 5. The van der Waals surface area contributed by atoms with E-state index in [0.717, 1.165) is 24.3 Å². The second-order valence-electron chi connectivity index (χ2n) is 5.04. The molecule has 114 valence electrons. The molecule has 0 aliphatic carbocycles. The molecular formula is C17H22ClFN2. The van der Waals surface area contributed by atoms with Crippen molar-refractivity contribution in [1.82, 2.24) is 4.90 Å². The Morgan fingerprint density at radius 2 is 1.81 bits per heavy atom. The SMILES string of the molecule is CCN(Cc1cccc(N)c1)C(C)c1ccc(F)cc1.Cl. The highest BCUT2D eigenvalue weighted by atomic mass is 35.5. The lowest BCUT2D eigenvalue weighted by Gasteiger charge is -2.28. The van der Waals surface area contributed by atoms with Crippen molar-refractivity contribution in [1.29, 1.82) is 0 Å². The van der Waals surface area contributed by atoms with E-state index in [2.05, 4.69) is 24.8 Å². The number of hydrogen-bond donors (Lipinski definition) is 1. The highest BCUT2D eigenvalue weighted by molar-refractivity contribution is 5.85. The predicted octanol–water partition coefficient (Wildman–Crippen LogP) is 4.41. The number of anilines is 1. The summed E-state index contributed by atoms with van der Waals surface area (Å²) in [4.78, 5) is 2.34. The minimum absolute atomic E-state index is 0. The lowest BCUT2D eigenvalue weighted by atomic mass is 10.1. The van der Waals surface area contributed by atoms with Gasteiger partial charge in [-0.1, -0.05) is 31.2 Å². The number of nitrogen functional groups attached to an aromatic ring is 1. The van der Waals surface area contributed by atoms with Crippen molar-refractivity contribution >= 4 is 18.1 Å². The van der Waals surface area contributed by atoms with Crippen LogP contribution in [0.5, 0.6) is 0 Å². The molecule has 2 aromatic carbocycles. The smallest absolute Gasteiger partial charge is 0.123 e. The van der Waals surface area contributed by atoms with Gasteiger partial charge in [-0.15, -0.1) is 12.4 Å². The van der Waals surface area contributed by atoms with E-state index >= 15 is 0 Å². The van der Waals surface area contributed by atoms with Gasteiger partial charge < -0.3 is 5.73 Å². The van der Waals surface area contributed by atoms with Crippen LogP contribution in [0, 0.1) is 5.82 Å². The molecule has 0 fully saturated rings. The summed E-state index contributed by atoms with van der Waals surface area (Å²) in [6, 6.07) is 14.9. The van der Waals surface area contributed by atoms with Crippen LogP contribution in [-0.2, 0) is 6.54 Å². The molecule has 0 aliphatic heterocycles. The molecule has 1 atom stereocenters. The molecule has 0 spiro atoms. The zero-order valence-electron chi connectivity index (χ0n) is 12.4. The lowest BCUT2D eigenvalue weighted by molar-refractivity contribution is 0.213. The van der Waals surface area contributed by atoms with E-state index in [1.165, 1.54) is 17.7 Å². The van der Waals surface area contributed by atoms with Gasteiger partial charge in [-0.3, -0.25) is 4.90 Å². The van der Waals surface area contributed by atoms with E-state index in [1.54, 1.807) is 0 Å². The predicted molar refractivity (Wildman–Crippen MR) is 89.0 cm³/mol. The highest BCUT2D eigenvalue weighted by Crippen LogP contribution is 2.22. The van der Waals surface area contributed by atoms with Crippen molar-refractivity contribution in [2.45, 2.75) is 26.4 Å². The molecular weight excluding hydrogens is 287 g/mol. The average molecular weight is 309 g/mol. The monoisotopic (exact) mass is 308 g/mol. The fourth-order valence-electron chi connectivity index (χ4n) is 2.40. The van der Waals surface area contributed by atoms with Gasteiger partial charge in [-0.25, -0.2) is 4.39 Å². The minimum atomic E-state index is -0.195. The van der Waals surface area contributed by atoms with Crippen molar-refractivity contribution in [3.05, 3.63) is 65.5 Å². The van der Waals surface area contributed by atoms with Crippen molar-refractivity contribution in [3.8, 4) is 0 Å². The van der Waals surface area contributed by atoms with Crippen LogP contribution in [0.4, 0.5) is 10.1 Å². The highest BCUT2D eigenvalue weighted by Gasteiger charge is 2.14. The third-order valence-electron chi connectivity index (χ3n) is 3.64. The molecule has 0 heterocycles. The van der Waals surface area contributed by atoms with Gasteiger partial charge in [-0.2, -0.15) is 0 Å². The summed E-state index contributed by atoms with van der Waals surface area (Å²) >= 11 is 0. The standard InChI is InChI=1S/C17H21FN2.ClH/c1-3-20(12-14-5-4-6-17(19)11-14)13(2)15-7-9-16(18)10-8-15;/h4-11,13H,3,12,19H2,1-2H3;1H.